The van der Waals surface area contributed by atoms with Gasteiger partial charge < -0.3 is 0 Å². The van der Waals surface area contributed by atoms with Crippen molar-refractivity contribution in [3.05, 3.63) is 206 Å². The van der Waals surface area contributed by atoms with E-state index in [9.17, 15) is 2.74 Å². The van der Waals surface area contributed by atoms with Crippen LogP contribution in [0.1, 0.15) is 2.74 Å². The number of imidazole rings is 2. The van der Waals surface area contributed by atoms with Crippen LogP contribution in [0, 0.1) is 0 Å². The van der Waals surface area contributed by atoms with Gasteiger partial charge in [-0.25, -0.2) is 19.9 Å². The fourth-order valence-corrected chi connectivity index (χ4v) is 9.09. The Morgan fingerprint density at radius 2 is 0.710 bits per heavy atom. The van der Waals surface area contributed by atoms with Gasteiger partial charge in [0, 0.05) is 44.6 Å². The maximum atomic E-state index is 9.31. The molecule has 8 aromatic carbocycles. The molecule has 0 N–H and O–H groups in total. The van der Waals surface area contributed by atoms with E-state index in [1.165, 1.54) is 0 Å². The molecule has 0 unspecified atom stereocenters. The lowest BCUT2D eigenvalue weighted by Crippen LogP contribution is -2.02. The first-order chi connectivity index (χ1) is 31.6. The highest BCUT2D eigenvalue weighted by Gasteiger charge is 2.23. The van der Waals surface area contributed by atoms with Gasteiger partial charge in [0.25, 0.3) is 0 Å². The van der Waals surface area contributed by atoms with Crippen LogP contribution in [-0.4, -0.2) is 38.2 Å². The van der Waals surface area contributed by atoms with Crippen LogP contribution in [0.25, 0.3) is 112 Å². The summed E-state index contributed by atoms with van der Waals surface area (Å²) in [5.74, 6) is 1.67. The maximum Gasteiger partial charge on any atom is 0.165 e. The molecule has 0 saturated carbocycles. The second-order valence-corrected chi connectivity index (χ2v) is 15.4. The Morgan fingerprint density at radius 1 is 0.323 bits per heavy atom. The van der Waals surface area contributed by atoms with Crippen molar-refractivity contribution in [3.63, 3.8) is 0 Å². The van der Waals surface area contributed by atoms with Crippen LogP contribution in [0.5, 0.6) is 0 Å². The minimum atomic E-state index is 0.362. The molecule has 0 aliphatic heterocycles. The van der Waals surface area contributed by atoms with E-state index in [1.807, 2.05) is 121 Å². The van der Waals surface area contributed by atoms with Gasteiger partial charge in [-0.2, -0.15) is 0 Å². The summed E-state index contributed by atoms with van der Waals surface area (Å²) < 4.78 is 27.1. The Kier molecular flexibility index (Phi) is 7.00. The smallest absolute Gasteiger partial charge is 0.165 e. The largest absolute Gasteiger partial charge is 0.292 e. The fraction of sp³-hybridized carbons (Fsp3) is 0. The lowest BCUT2D eigenvalue weighted by atomic mass is 10.2. The molecule has 0 aliphatic rings. The van der Waals surface area contributed by atoms with Crippen molar-refractivity contribution >= 4 is 66.2 Å². The molecule has 5 aromatic heterocycles. The maximum absolute atomic E-state index is 9.31. The summed E-state index contributed by atoms with van der Waals surface area (Å²) in [4.78, 5) is 21.2. The molecule has 0 atom stereocenters. The lowest BCUT2D eigenvalue weighted by Gasteiger charge is -2.13. The monoisotopic (exact) mass is 796 g/mol. The number of aromatic nitrogens is 8. The second-order valence-electron chi connectivity index (χ2n) is 15.4. The van der Waals surface area contributed by atoms with Crippen molar-refractivity contribution in [2.45, 2.75) is 0 Å². The second kappa shape index (κ2) is 13.5. The van der Waals surface area contributed by atoms with E-state index in [0.29, 0.717) is 45.4 Å². The predicted octanol–water partition coefficient (Wildman–Crippen LogP) is 12.7. The quantitative estimate of drug-likeness (QED) is 0.168. The first-order valence-electron chi connectivity index (χ1n) is 21.6. The Morgan fingerprint density at radius 3 is 1.16 bits per heavy atom. The van der Waals surface area contributed by atoms with E-state index in [4.69, 9.17) is 19.9 Å². The van der Waals surface area contributed by atoms with E-state index < -0.39 is 0 Å². The number of benzene rings is 8. The Hall–Kier alpha value is -8.62. The van der Waals surface area contributed by atoms with Crippen molar-refractivity contribution < 1.29 is 2.74 Å². The van der Waals surface area contributed by atoms with Crippen LogP contribution < -0.4 is 0 Å². The third-order valence-corrected chi connectivity index (χ3v) is 11.8. The standard InChI is InChI=1S/C54H34N8/c1-3-17-35(18-4-1)51-55-43-27-9-13-31-47(43)61(51)39-23-15-21-37(33-39)59-45-29-11-7-25-41(45)49-53(59)57-50-42-26-8-12-30-46(42)60(54(50)58-49)38-22-16-24-40(34-38)62-48-32-14-10-28-44(48)56-52(62)36-19-5-2-6-20-36/h1-34H/i29D,30D. The van der Waals surface area contributed by atoms with Crippen molar-refractivity contribution in [1.82, 2.24) is 38.2 Å². The van der Waals surface area contributed by atoms with Gasteiger partial charge in [0.05, 0.1) is 35.8 Å². The van der Waals surface area contributed by atoms with E-state index in [2.05, 4.69) is 91.1 Å². The Bertz CT molecular complexity index is 3730. The molecule has 0 saturated heterocycles. The summed E-state index contributed by atoms with van der Waals surface area (Å²) in [6.07, 6.45) is 0. The molecule has 0 fully saturated rings. The highest BCUT2D eigenvalue weighted by Crippen LogP contribution is 2.38. The molecule has 0 amide bonds. The molecular formula is C54H34N8. The van der Waals surface area contributed by atoms with Crippen LogP contribution in [0.3, 0.4) is 0 Å². The number of fused-ring (bicyclic) bond motifs is 8. The molecule has 8 heteroatoms. The lowest BCUT2D eigenvalue weighted by molar-refractivity contribution is 1.07. The number of nitrogens with zero attached hydrogens (tertiary/aromatic N) is 8. The number of hydrogen-bond acceptors (Lipinski definition) is 4. The van der Waals surface area contributed by atoms with Crippen LogP contribution in [-0.2, 0) is 0 Å². The van der Waals surface area contributed by atoms with Crippen LogP contribution >= 0.6 is 0 Å². The first kappa shape index (κ1) is 32.3. The van der Waals surface area contributed by atoms with Gasteiger partial charge in [-0.3, -0.25) is 18.3 Å². The van der Waals surface area contributed by atoms with Crippen LogP contribution in [0.15, 0.2) is 206 Å². The molecule has 0 radical (unpaired) electrons. The SMILES string of the molecule is [2H]c1cccc2c3nc4c(nc3n(-c3cccc(-n5c(-c6ccccc6)nc6ccccc65)c3)c12)c1cccc([2H])c1n4-c1cccc(-n2c(-c3ccccc3)nc3ccccc32)c1. The summed E-state index contributed by atoms with van der Waals surface area (Å²) in [5.41, 5.74) is 13.3. The average molecular weight is 797 g/mol. The Balaban J connectivity index is 1.05. The minimum Gasteiger partial charge on any atom is -0.292 e. The summed E-state index contributed by atoms with van der Waals surface area (Å²) in [6, 6.07) is 65.7. The molecule has 8 nitrogen and oxygen atoms in total. The first-order valence-corrected chi connectivity index (χ1v) is 20.6. The highest BCUT2D eigenvalue weighted by molar-refractivity contribution is 6.12. The predicted molar refractivity (Wildman–Crippen MR) is 251 cm³/mol. The van der Waals surface area contributed by atoms with E-state index in [0.717, 1.165) is 78.4 Å². The van der Waals surface area contributed by atoms with Gasteiger partial charge >= 0.3 is 0 Å². The van der Waals surface area contributed by atoms with Crippen LogP contribution in [0.4, 0.5) is 0 Å². The highest BCUT2D eigenvalue weighted by atomic mass is 15.1. The van der Waals surface area contributed by atoms with Crippen molar-refractivity contribution in [2.24, 2.45) is 0 Å². The van der Waals surface area contributed by atoms with Gasteiger partial charge in [-0.05, 0) is 72.7 Å². The average Bonchev–Trinajstić information content (AvgIpc) is 4.10. The molecule has 0 aliphatic carbocycles. The number of rotatable bonds is 6. The zero-order chi connectivity index (χ0) is 42.5. The molecule has 290 valence electrons. The van der Waals surface area contributed by atoms with Gasteiger partial charge in [-0.15, -0.1) is 0 Å². The number of hydrogen-bond donors (Lipinski definition) is 0. The molecular weight excluding hydrogens is 761 g/mol. The van der Waals surface area contributed by atoms with Crippen molar-refractivity contribution in [2.75, 3.05) is 0 Å². The zero-order valence-electron chi connectivity index (χ0n) is 35.1. The third-order valence-electron chi connectivity index (χ3n) is 11.8. The minimum absolute atomic E-state index is 0.362. The summed E-state index contributed by atoms with van der Waals surface area (Å²) >= 11 is 0. The van der Waals surface area contributed by atoms with Gasteiger partial charge in [0.15, 0.2) is 11.3 Å². The molecule has 13 aromatic rings. The van der Waals surface area contributed by atoms with E-state index >= 15 is 0 Å². The van der Waals surface area contributed by atoms with Crippen LogP contribution in [0.2, 0.25) is 0 Å². The van der Waals surface area contributed by atoms with Gasteiger partial charge in [0.1, 0.15) is 22.7 Å². The summed E-state index contributed by atoms with van der Waals surface area (Å²) in [5, 5.41) is 1.63. The zero-order valence-corrected chi connectivity index (χ0v) is 33.1. The normalized spacial score (nSPS) is 12.3. The van der Waals surface area contributed by atoms with E-state index in [1.54, 1.807) is 0 Å². The third kappa shape index (κ3) is 5.13. The molecule has 5 heterocycles. The number of para-hydroxylation sites is 6. The van der Waals surface area contributed by atoms with Crippen molar-refractivity contribution in [1.29, 1.82) is 0 Å². The molecule has 13 rings (SSSR count). The molecule has 0 spiro atoms. The topological polar surface area (TPSA) is 71.3 Å². The summed E-state index contributed by atoms with van der Waals surface area (Å²) in [7, 11) is 0. The Labute approximate surface area is 357 Å². The molecule has 62 heavy (non-hydrogen) atoms. The van der Waals surface area contributed by atoms with E-state index in [-0.39, 0.29) is 0 Å². The van der Waals surface area contributed by atoms with Gasteiger partial charge in [-0.1, -0.05) is 133 Å². The van der Waals surface area contributed by atoms with Crippen molar-refractivity contribution in [3.8, 4) is 45.5 Å². The fourth-order valence-electron chi connectivity index (χ4n) is 9.09. The molecule has 0 bridgehead atoms. The summed E-state index contributed by atoms with van der Waals surface area (Å²) in [6.45, 7) is 0. The van der Waals surface area contributed by atoms with Gasteiger partial charge in [0.2, 0.25) is 0 Å².